The number of halogens is 1. The molecule has 2 aliphatic rings. The molecule has 1 aromatic heterocycles. The Morgan fingerprint density at radius 2 is 2.36 bits per heavy atom. The Morgan fingerprint density at radius 1 is 1.59 bits per heavy atom. The zero-order valence-corrected chi connectivity index (χ0v) is 13.7. The first-order valence-electron chi connectivity index (χ1n) is 7.66. The fourth-order valence-corrected chi connectivity index (χ4v) is 4.54. The zero-order chi connectivity index (χ0) is 15.7. The molecule has 0 saturated carbocycles. The number of likely N-dealkylation sites (tertiary alicyclic amines) is 1. The van der Waals surface area contributed by atoms with Gasteiger partial charge in [0.1, 0.15) is 6.10 Å². The van der Waals surface area contributed by atoms with Gasteiger partial charge in [0.05, 0.1) is 4.75 Å². The van der Waals surface area contributed by atoms with E-state index < -0.39 is 5.82 Å². The lowest BCUT2D eigenvalue weighted by atomic mass is 9.92. The van der Waals surface area contributed by atoms with Crippen molar-refractivity contribution in [1.29, 1.82) is 0 Å². The molecule has 22 heavy (non-hydrogen) atoms. The van der Waals surface area contributed by atoms with Crippen LogP contribution in [0.3, 0.4) is 0 Å². The average Bonchev–Trinajstić information content (AvgIpc) is 2.83. The Labute approximate surface area is 134 Å². The van der Waals surface area contributed by atoms with Crippen molar-refractivity contribution in [3.63, 3.8) is 0 Å². The van der Waals surface area contributed by atoms with Crippen LogP contribution in [0.2, 0.25) is 0 Å². The van der Waals surface area contributed by atoms with Gasteiger partial charge in [0.25, 0.3) is 5.88 Å². The largest absolute Gasteiger partial charge is 0.471 e. The molecule has 0 aliphatic carbocycles. The van der Waals surface area contributed by atoms with Crippen LogP contribution in [0.1, 0.15) is 26.7 Å². The van der Waals surface area contributed by atoms with Crippen LogP contribution in [0, 0.1) is 11.7 Å². The van der Waals surface area contributed by atoms with E-state index in [0.29, 0.717) is 12.3 Å². The molecule has 0 unspecified atom stereocenters. The molecule has 0 aromatic carbocycles. The third kappa shape index (κ3) is 3.21. The van der Waals surface area contributed by atoms with Crippen molar-refractivity contribution in [1.82, 2.24) is 9.88 Å². The second-order valence-electron chi connectivity index (χ2n) is 6.58. The number of pyridine rings is 1. The van der Waals surface area contributed by atoms with Crippen molar-refractivity contribution in [3.8, 4) is 5.88 Å². The van der Waals surface area contributed by atoms with E-state index in [0.717, 1.165) is 25.3 Å². The summed E-state index contributed by atoms with van der Waals surface area (Å²) < 4.78 is 19.4. The highest BCUT2D eigenvalue weighted by Crippen LogP contribution is 2.46. The van der Waals surface area contributed by atoms with Crippen LogP contribution in [0.25, 0.3) is 0 Å². The highest BCUT2D eigenvalue weighted by molar-refractivity contribution is 8.01. The molecular weight excluding hydrogens is 303 g/mol. The summed E-state index contributed by atoms with van der Waals surface area (Å²) in [5.41, 5.74) is 0. The Bertz CT molecular complexity index is 561. The number of thioether (sulfide) groups is 1. The Kier molecular flexibility index (Phi) is 4.30. The maximum Gasteiger partial charge on any atom is 0.250 e. The molecule has 4 nitrogen and oxygen atoms in total. The van der Waals surface area contributed by atoms with Crippen LogP contribution in [0.15, 0.2) is 18.3 Å². The molecule has 2 aliphatic heterocycles. The van der Waals surface area contributed by atoms with Crippen LogP contribution >= 0.6 is 11.8 Å². The van der Waals surface area contributed by atoms with E-state index in [2.05, 4.69) is 18.8 Å². The highest BCUT2D eigenvalue weighted by Gasteiger charge is 2.51. The number of aromatic nitrogens is 1. The molecule has 1 amide bonds. The molecule has 1 spiro atoms. The first kappa shape index (κ1) is 15.6. The van der Waals surface area contributed by atoms with Gasteiger partial charge in [0.15, 0.2) is 5.82 Å². The molecule has 6 heteroatoms. The number of carbonyl (C=O) groups excluding carboxylic acids is 1. The van der Waals surface area contributed by atoms with E-state index in [1.165, 1.54) is 12.3 Å². The van der Waals surface area contributed by atoms with E-state index in [1.807, 2.05) is 16.7 Å². The number of hydrogen-bond donors (Lipinski definition) is 0. The summed E-state index contributed by atoms with van der Waals surface area (Å²) in [7, 11) is 0. The van der Waals surface area contributed by atoms with Gasteiger partial charge in [-0.1, -0.05) is 13.8 Å². The topological polar surface area (TPSA) is 42.4 Å². The van der Waals surface area contributed by atoms with Gasteiger partial charge in [-0.15, -0.1) is 11.8 Å². The molecule has 2 saturated heterocycles. The van der Waals surface area contributed by atoms with E-state index in [9.17, 15) is 9.18 Å². The van der Waals surface area contributed by atoms with Crippen LogP contribution < -0.4 is 4.74 Å². The van der Waals surface area contributed by atoms with Gasteiger partial charge < -0.3 is 9.64 Å². The first-order valence-corrected chi connectivity index (χ1v) is 8.65. The van der Waals surface area contributed by atoms with Crippen molar-refractivity contribution in [2.45, 2.75) is 37.5 Å². The van der Waals surface area contributed by atoms with E-state index in [4.69, 9.17) is 4.74 Å². The first-order chi connectivity index (χ1) is 10.5. The molecule has 0 bridgehead atoms. The van der Waals surface area contributed by atoms with Crippen LogP contribution in [-0.4, -0.2) is 45.5 Å². The summed E-state index contributed by atoms with van der Waals surface area (Å²) in [5.74, 6) is 1.11. The lowest BCUT2D eigenvalue weighted by Gasteiger charge is -2.47. The van der Waals surface area contributed by atoms with Crippen molar-refractivity contribution in [3.05, 3.63) is 24.1 Å². The van der Waals surface area contributed by atoms with Crippen LogP contribution in [0.5, 0.6) is 5.88 Å². The maximum atomic E-state index is 13.6. The molecule has 2 fully saturated rings. The summed E-state index contributed by atoms with van der Waals surface area (Å²) in [6.07, 6.45) is 2.96. The smallest absolute Gasteiger partial charge is 0.250 e. The predicted molar refractivity (Wildman–Crippen MR) is 84.5 cm³/mol. The van der Waals surface area contributed by atoms with Gasteiger partial charge in [-0.2, -0.15) is 0 Å². The van der Waals surface area contributed by atoms with Crippen molar-refractivity contribution >= 4 is 17.7 Å². The summed E-state index contributed by atoms with van der Waals surface area (Å²) in [6, 6.07) is 2.91. The molecule has 3 rings (SSSR count). The number of ether oxygens (including phenoxy) is 1. The maximum absolute atomic E-state index is 13.6. The van der Waals surface area contributed by atoms with Crippen molar-refractivity contribution < 1.29 is 13.9 Å². The lowest BCUT2D eigenvalue weighted by Crippen LogP contribution is -2.61. The third-order valence-corrected chi connectivity index (χ3v) is 5.65. The normalized spacial score (nSPS) is 22.9. The van der Waals surface area contributed by atoms with E-state index >= 15 is 0 Å². The molecular formula is C16H21FN2O2S. The standard InChI is InChI=1S/C16H21FN2O2S/c1-11(2)6-14(20)19-9-16(10-19)7-12(8-22-16)21-15-13(17)4-3-5-18-15/h3-5,11-12H,6-10H2,1-2H3/t12-/m0/s1. The monoisotopic (exact) mass is 324 g/mol. The molecule has 0 N–H and O–H groups in total. The minimum absolute atomic E-state index is 0.0308. The number of nitrogens with zero attached hydrogens (tertiary/aromatic N) is 2. The van der Waals surface area contributed by atoms with E-state index in [-0.39, 0.29) is 22.6 Å². The summed E-state index contributed by atoms with van der Waals surface area (Å²) in [6.45, 7) is 5.69. The quantitative estimate of drug-likeness (QED) is 0.854. The minimum Gasteiger partial charge on any atom is -0.471 e. The fraction of sp³-hybridized carbons (Fsp3) is 0.625. The van der Waals surface area contributed by atoms with Gasteiger partial charge in [-0.05, 0) is 18.1 Å². The molecule has 120 valence electrons. The predicted octanol–water partition coefficient (Wildman–Crippen LogP) is 2.73. The number of amides is 1. The van der Waals surface area contributed by atoms with Gasteiger partial charge >= 0.3 is 0 Å². The van der Waals surface area contributed by atoms with Gasteiger partial charge in [0, 0.05) is 37.9 Å². The van der Waals surface area contributed by atoms with E-state index in [1.54, 1.807) is 6.07 Å². The van der Waals surface area contributed by atoms with Crippen molar-refractivity contribution in [2.75, 3.05) is 18.8 Å². The SMILES string of the molecule is CC(C)CC(=O)N1CC2(C[C@H](Oc3ncccc3F)CS2)C1. The fourth-order valence-electron chi connectivity index (χ4n) is 3.02. The second kappa shape index (κ2) is 6.07. The summed E-state index contributed by atoms with van der Waals surface area (Å²) in [5, 5.41) is 0. The minimum atomic E-state index is -0.421. The Balaban J connectivity index is 1.52. The number of rotatable bonds is 4. The Hall–Kier alpha value is -1.30. The third-order valence-electron chi connectivity index (χ3n) is 4.07. The van der Waals surface area contributed by atoms with Crippen LogP contribution in [-0.2, 0) is 4.79 Å². The molecule has 1 aromatic rings. The second-order valence-corrected chi connectivity index (χ2v) is 8.06. The number of carbonyl (C=O) groups is 1. The average molecular weight is 324 g/mol. The van der Waals surface area contributed by atoms with Gasteiger partial charge in [0.2, 0.25) is 5.91 Å². The molecule has 3 heterocycles. The van der Waals surface area contributed by atoms with Crippen molar-refractivity contribution in [2.24, 2.45) is 5.92 Å². The molecule has 0 radical (unpaired) electrons. The van der Waals surface area contributed by atoms with Gasteiger partial charge in [-0.3, -0.25) is 4.79 Å². The lowest BCUT2D eigenvalue weighted by molar-refractivity contribution is -0.137. The Morgan fingerprint density at radius 3 is 3.05 bits per heavy atom. The summed E-state index contributed by atoms with van der Waals surface area (Å²) >= 11 is 1.84. The molecule has 1 atom stereocenters. The van der Waals surface area contributed by atoms with Gasteiger partial charge in [-0.25, -0.2) is 9.37 Å². The number of hydrogen-bond acceptors (Lipinski definition) is 4. The van der Waals surface area contributed by atoms with Crippen LogP contribution in [0.4, 0.5) is 4.39 Å². The summed E-state index contributed by atoms with van der Waals surface area (Å²) in [4.78, 5) is 17.9. The zero-order valence-electron chi connectivity index (χ0n) is 12.9. The highest BCUT2D eigenvalue weighted by atomic mass is 32.2.